The van der Waals surface area contributed by atoms with Gasteiger partial charge >= 0.3 is 0 Å². The Bertz CT molecular complexity index is 1130. The molecule has 2 aromatic heterocycles. The summed E-state index contributed by atoms with van der Waals surface area (Å²) < 4.78 is 15.0. The van der Waals surface area contributed by atoms with Gasteiger partial charge < -0.3 is 4.90 Å². The molecule has 0 bridgehead atoms. The van der Waals surface area contributed by atoms with Crippen molar-refractivity contribution < 1.29 is 9.18 Å². The summed E-state index contributed by atoms with van der Waals surface area (Å²) in [6.45, 7) is 5.18. The van der Waals surface area contributed by atoms with Gasteiger partial charge in [0.1, 0.15) is 10.6 Å². The summed E-state index contributed by atoms with van der Waals surface area (Å²) in [6, 6.07) is 5.84. The maximum atomic E-state index is 13.6. The van der Waals surface area contributed by atoms with Gasteiger partial charge in [-0.05, 0) is 69.4 Å². The van der Waals surface area contributed by atoms with E-state index in [1.165, 1.54) is 33.3 Å². The largest absolute Gasteiger partial charge is 0.343 e. The highest BCUT2D eigenvalue weighted by atomic mass is 32.2. The second-order valence-corrected chi connectivity index (χ2v) is 9.28. The van der Waals surface area contributed by atoms with Crippen LogP contribution in [0.3, 0.4) is 0 Å². The average Bonchev–Trinajstić information content (AvgIpc) is 3.13. The van der Waals surface area contributed by atoms with Crippen LogP contribution in [-0.2, 0) is 17.6 Å². The first-order chi connectivity index (χ1) is 14.5. The summed E-state index contributed by atoms with van der Waals surface area (Å²) >= 11 is 2.85. The van der Waals surface area contributed by atoms with Crippen LogP contribution < -0.4 is 5.56 Å². The number of thioether (sulfide) groups is 1. The summed E-state index contributed by atoms with van der Waals surface area (Å²) in [5, 5.41) is 1.15. The number of rotatable bonds is 6. The number of amides is 1. The number of thiophene rings is 1. The van der Waals surface area contributed by atoms with Gasteiger partial charge in [-0.25, -0.2) is 9.37 Å². The van der Waals surface area contributed by atoms with E-state index >= 15 is 0 Å². The first kappa shape index (κ1) is 21.1. The molecule has 0 radical (unpaired) electrons. The highest BCUT2D eigenvalue weighted by Crippen LogP contribution is 2.35. The molecule has 8 heteroatoms. The number of hydrogen-bond donors (Lipinski definition) is 0. The molecule has 2 heterocycles. The van der Waals surface area contributed by atoms with Crippen LogP contribution in [0.25, 0.3) is 15.9 Å². The summed E-state index contributed by atoms with van der Waals surface area (Å²) in [7, 11) is 0. The molecule has 0 saturated carbocycles. The fourth-order valence-corrected chi connectivity index (χ4v) is 6.11. The van der Waals surface area contributed by atoms with Crippen LogP contribution in [0.15, 0.2) is 34.2 Å². The van der Waals surface area contributed by atoms with Gasteiger partial charge in [-0.1, -0.05) is 11.8 Å². The Kier molecular flexibility index (Phi) is 6.24. The number of fused-ring (bicyclic) bond motifs is 3. The van der Waals surface area contributed by atoms with Crippen molar-refractivity contribution >= 4 is 39.2 Å². The predicted octanol–water partition coefficient (Wildman–Crippen LogP) is 4.43. The van der Waals surface area contributed by atoms with Crippen LogP contribution in [0, 0.1) is 5.82 Å². The molecule has 0 spiro atoms. The molecule has 0 N–H and O–H groups in total. The van der Waals surface area contributed by atoms with Crippen molar-refractivity contribution in [2.24, 2.45) is 0 Å². The van der Waals surface area contributed by atoms with E-state index in [-0.39, 0.29) is 23.0 Å². The number of hydrogen-bond acceptors (Lipinski definition) is 5. The Morgan fingerprint density at radius 1 is 1.20 bits per heavy atom. The van der Waals surface area contributed by atoms with E-state index in [0.717, 1.165) is 36.1 Å². The van der Waals surface area contributed by atoms with Crippen molar-refractivity contribution in [1.29, 1.82) is 0 Å². The van der Waals surface area contributed by atoms with E-state index < -0.39 is 0 Å². The zero-order valence-electron chi connectivity index (χ0n) is 17.1. The molecule has 1 aromatic carbocycles. The molecule has 0 atom stereocenters. The molecule has 0 fully saturated rings. The molecule has 30 heavy (non-hydrogen) atoms. The Morgan fingerprint density at radius 2 is 1.90 bits per heavy atom. The first-order valence-corrected chi connectivity index (χ1v) is 12.1. The molecule has 0 aliphatic heterocycles. The fourth-order valence-electron chi connectivity index (χ4n) is 3.89. The molecule has 5 nitrogen and oxygen atoms in total. The number of aromatic nitrogens is 2. The maximum absolute atomic E-state index is 13.6. The average molecular weight is 446 g/mol. The number of nitrogens with zero attached hydrogens (tertiary/aromatic N) is 3. The minimum absolute atomic E-state index is 0.00970. The zero-order valence-corrected chi connectivity index (χ0v) is 18.7. The van der Waals surface area contributed by atoms with Crippen LogP contribution in [-0.4, -0.2) is 39.2 Å². The number of benzene rings is 1. The molecule has 0 unspecified atom stereocenters. The highest BCUT2D eigenvalue weighted by Gasteiger charge is 2.23. The monoisotopic (exact) mass is 445 g/mol. The smallest absolute Gasteiger partial charge is 0.267 e. The Labute approximate surface area is 182 Å². The van der Waals surface area contributed by atoms with E-state index in [1.54, 1.807) is 28.4 Å². The lowest BCUT2D eigenvalue weighted by Crippen LogP contribution is -2.32. The minimum atomic E-state index is -0.361. The van der Waals surface area contributed by atoms with Crippen LogP contribution in [0.4, 0.5) is 4.39 Å². The molecule has 1 aliphatic carbocycles. The van der Waals surface area contributed by atoms with Gasteiger partial charge in [0.25, 0.3) is 5.56 Å². The summed E-state index contributed by atoms with van der Waals surface area (Å²) in [5.74, 6) is -0.151. The van der Waals surface area contributed by atoms with Crippen molar-refractivity contribution in [3.63, 3.8) is 0 Å². The van der Waals surface area contributed by atoms with Gasteiger partial charge in [-0.2, -0.15) is 0 Å². The molecule has 4 rings (SSSR count). The SMILES string of the molecule is CCN(CC)C(=O)CSc1nc2sc3c(c2c(=O)n1-c1ccc(F)cc1)CCCC3. The van der Waals surface area contributed by atoms with E-state index in [9.17, 15) is 14.0 Å². The van der Waals surface area contributed by atoms with Crippen LogP contribution in [0.1, 0.15) is 37.1 Å². The van der Waals surface area contributed by atoms with Gasteiger partial charge in [-0.3, -0.25) is 14.2 Å². The number of carbonyl (C=O) groups is 1. The van der Waals surface area contributed by atoms with E-state index in [2.05, 4.69) is 0 Å². The Hall–Kier alpha value is -2.19. The van der Waals surface area contributed by atoms with Crippen LogP contribution >= 0.6 is 23.1 Å². The topological polar surface area (TPSA) is 55.2 Å². The molecular weight excluding hydrogens is 421 g/mol. The number of halogens is 1. The lowest BCUT2D eigenvalue weighted by molar-refractivity contribution is -0.127. The molecule has 158 valence electrons. The second kappa shape index (κ2) is 8.89. The third-order valence-corrected chi connectivity index (χ3v) is 7.59. The molecule has 0 saturated heterocycles. The van der Waals surface area contributed by atoms with Crippen LogP contribution in [0.2, 0.25) is 0 Å². The minimum Gasteiger partial charge on any atom is -0.343 e. The van der Waals surface area contributed by atoms with E-state index in [4.69, 9.17) is 4.98 Å². The van der Waals surface area contributed by atoms with Crippen molar-refractivity contribution in [3.05, 3.63) is 50.9 Å². The lowest BCUT2D eigenvalue weighted by atomic mass is 9.97. The van der Waals surface area contributed by atoms with Crippen molar-refractivity contribution in [2.75, 3.05) is 18.8 Å². The van der Waals surface area contributed by atoms with Crippen molar-refractivity contribution in [1.82, 2.24) is 14.5 Å². The number of carbonyl (C=O) groups excluding carboxylic acids is 1. The lowest BCUT2D eigenvalue weighted by Gasteiger charge is -2.19. The van der Waals surface area contributed by atoms with Gasteiger partial charge in [0.15, 0.2) is 5.16 Å². The normalized spacial score (nSPS) is 13.4. The van der Waals surface area contributed by atoms with E-state index in [1.807, 2.05) is 13.8 Å². The van der Waals surface area contributed by atoms with Crippen molar-refractivity contribution in [3.8, 4) is 5.69 Å². The van der Waals surface area contributed by atoms with Gasteiger partial charge in [0.05, 0.1) is 16.8 Å². The molecule has 1 aliphatic rings. The summed E-state index contributed by atoms with van der Waals surface area (Å²) in [5.41, 5.74) is 1.54. The zero-order chi connectivity index (χ0) is 21.3. The quantitative estimate of drug-likeness (QED) is 0.416. The molecule has 3 aromatic rings. The van der Waals surface area contributed by atoms with Gasteiger partial charge in [-0.15, -0.1) is 11.3 Å². The predicted molar refractivity (Wildman–Crippen MR) is 120 cm³/mol. The summed E-state index contributed by atoms with van der Waals surface area (Å²) in [6.07, 6.45) is 4.08. The van der Waals surface area contributed by atoms with Crippen molar-refractivity contribution in [2.45, 2.75) is 44.7 Å². The second-order valence-electron chi connectivity index (χ2n) is 7.26. The standard InChI is InChI=1S/C22H24FN3O2S2/c1-3-25(4-2)18(27)13-29-22-24-20-19(16-7-5-6-8-17(16)30-20)21(28)26(22)15-11-9-14(23)10-12-15/h9-12H,3-8,13H2,1-2H3. The molecule has 1 amide bonds. The first-order valence-electron chi connectivity index (χ1n) is 10.3. The summed E-state index contributed by atoms with van der Waals surface area (Å²) in [4.78, 5) is 34.7. The molecular formula is C22H24FN3O2S2. The van der Waals surface area contributed by atoms with E-state index in [0.29, 0.717) is 29.3 Å². The Balaban J connectivity index is 1.83. The van der Waals surface area contributed by atoms with Gasteiger partial charge in [0.2, 0.25) is 5.91 Å². The fraction of sp³-hybridized carbons (Fsp3) is 0.409. The number of aryl methyl sites for hydroxylation is 2. The third kappa shape index (κ3) is 3.90. The third-order valence-electron chi connectivity index (χ3n) is 5.48. The Morgan fingerprint density at radius 3 is 2.60 bits per heavy atom. The van der Waals surface area contributed by atoms with Gasteiger partial charge in [0, 0.05) is 18.0 Å². The van der Waals surface area contributed by atoms with Crippen LogP contribution in [0.5, 0.6) is 0 Å². The highest BCUT2D eigenvalue weighted by molar-refractivity contribution is 7.99. The maximum Gasteiger partial charge on any atom is 0.267 e.